The number of hydrogen-bond donors (Lipinski definition) is 3. The molecule has 11 heteroatoms. The number of benzene rings is 1. The summed E-state index contributed by atoms with van der Waals surface area (Å²) in [7, 11) is 3.25. The highest BCUT2D eigenvalue weighted by atomic mass is 16.5. The third-order valence-corrected chi connectivity index (χ3v) is 6.21. The summed E-state index contributed by atoms with van der Waals surface area (Å²) >= 11 is 0. The van der Waals surface area contributed by atoms with Gasteiger partial charge in [-0.2, -0.15) is 0 Å². The molecule has 4 rings (SSSR count). The molecule has 0 fully saturated rings. The summed E-state index contributed by atoms with van der Waals surface area (Å²) in [4.78, 5) is 36.7. The predicted octanol–water partition coefficient (Wildman–Crippen LogP) is 2.82. The van der Waals surface area contributed by atoms with Crippen molar-refractivity contribution in [2.75, 3.05) is 20.7 Å². The average Bonchev–Trinajstić information content (AvgIpc) is 3.62. The number of carbonyl (C=O) groups is 2. The number of H-pyrrole nitrogens is 1. The Morgan fingerprint density at radius 2 is 2.03 bits per heavy atom. The molecule has 11 nitrogen and oxygen atoms in total. The Kier molecular flexibility index (Phi) is 8.79. The molecule has 1 atom stereocenters. The zero-order valence-electron chi connectivity index (χ0n) is 21.1. The number of methoxy groups -OCH3 is 1. The van der Waals surface area contributed by atoms with Gasteiger partial charge in [-0.25, -0.2) is 14.6 Å². The predicted molar refractivity (Wildman–Crippen MR) is 139 cm³/mol. The fourth-order valence-corrected chi connectivity index (χ4v) is 4.20. The first-order valence-corrected chi connectivity index (χ1v) is 12.4. The van der Waals surface area contributed by atoms with Crippen molar-refractivity contribution in [1.82, 2.24) is 40.6 Å². The molecule has 0 spiro atoms. The molecule has 4 aromatic rings. The number of para-hydroxylation sites is 1. The van der Waals surface area contributed by atoms with E-state index in [4.69, 9.17) is 4.74 Å². The van der Waals surface area contributed by atoms with Crippen LogP contribution < -0.4 is 15.4 Å². The highest BCUT2D eigenvalue weighted by Crippen LogP contribution is 2.32. The molecule has 3 aromatic heterocycles. The second-order valence-corrected chi connectivity index (χ2v) is 8.79. The normalized spacial score (nSPS) is 11.8. The van der Waals surface area contributed by atoms with Crippen LogP contribution in [0, 0.1) is 0 Å². The molecule has 194 valence electrons. The van der Waals surface area contributed by atoms with Crippen LogP contribution >= 0.6 is 0 Å². The Hall–Kier alpha value is -4.28. The van der Waals surface area contributed by atoms with Gasteiger partial charge >= 0.3 is 0 Å². The van der Waals surface area contributed by atoms with Gasteiger partial charge in [-0.1, -0.05) is 36.3 Å². The minimum Gasteiger partial charge on any atom is -0.480 e. The van der Waals surface area contributed by atoms with Gasteiger partial charge < -0.3 is 20.4 Å². The van der Waals surface area contributed by atoms with Gasteiger partial charge in [0.05, 0.1) is 36.3 Å². The number of aromatic amines is 1. The van der Waals surface area contributed by atoms with Crippen LogP contribution in [-0.2, 0) is 16.1 Å². The van der Waals surface area contributed by atoms with E-state index in [0.29, 0.717) is 18.8 Å². The van der Waals surface area contributed by atoms with Gasteiger partial charge in [-0.3, -0.25) is 9.59 Å². The molecular weight excluding hydrogens is 472 g/mol. The van der Waals surface area contributed by atoms with Gasteiger partial charge in [-0.05, 0) is 25.0 Å². The standard InChI is InChI=1S/C26H32N8O3/c1-27-23(35)11-5-3-4-9-19(15-28-24(36)17-34-13-12-30-33-34)25-29-16-22(31-25)20-14-18-8-6-7-10-21(18)32-26(20)37-2/h6-8,10,12-14,16,19H,3-5,9,11,15,17H2,1-2H3,(H,27,35)(H,28,36)(H,29,31). The van der Waals surface area contributed by atoms with Crippen LogP contribution in [0.4, 0.5) is 0 Å². The van der Waals surface area contributed by atoms with Crippen molar-refractivity contribution in [3.8, 4) is 17.1 Å². The van der Waals surface area contributed by atoms with Gasteiger partial charge in [0.2, 0.25) is 17.7 Å². The largest absolute Gasteiger partial charge is 0.480 e. The van der Waals surface area contributed by atoms with Crippen molar-refractivity contribution in [3.63, 3.8) is 0 Å². The number of rotatable bonds is 13. The summed E-state index contributed by atoms with van der Waals surface area (Å²) in [6, 6.07) is 9.91. The van der Waals surface area contributed by atoms with Gasteiger partial charge in [-0.15, -0.1) is 5.10 Å². The van der Waals surface area contributed by atoms with Gasteiger partial charge in [0, 0.05) is 37.5 Å². The number of aromatic nitrogens is 6. The maximum absolute atomic E-state index is 12.5. The number of amides is 2. The Labute approximate surface area is 215 Å². The van der Waals surface area contributed by atoms with Crippen molar-refractivity contribution < 1.29 is 14.3 Å². The second-order valence-electron chi connectivity index (χ2n) is 8.79. The SMILES string of the molecule is CNC(=O)CCCCCC(CNC(=O)Cn1ccnn1)c1ncc(-c2cc3ccccc3nc2OC)[nH]1. The van der Waals surface area contributed by atoms with E-state index in [9.17, 15) is 9.59 Å². The molecule has 0 saturated carbocycles. The number of carbonyl (C=O) groups excluding carboxylic acids is 2. The zero-order chi connectivity index (χ0) is 26.0. The Morgan fingerprint density at radius 3 is 2.81 bits per heavy atom. The monoisotopic (exact) mass is 504 g/mol. The third kappa shape index (κ3) is 6.90. The van der Waals surface area contributed by atoms with E-state index < -0.39 is 0 Å². The van der Waals surface area contributed by atoms with Crippen LogP contribution in [0.1, 0.15) is 43.8 Å². The first kappa shape index (κ1) is 25.8. The fraction of sp³-hybridized carbons (Fsp3) is 0.385. The lowest BCUT2D eigenvalue weighted by Crippen LogP contribution is -2.32. The molecular formula is C26H32N8O3. The lowest BCUT2D eigenvalue weighted by molar-refractivity contribution is -0.122. The Balaban J connectivity index is 1.48. The Morgan fingerprint density at radius 1 is 1.16 bits per heavy atom. The third-order valence-electron chi connectivity index (χ3n) is 6.21. The molecule has 0 aliphatic carbocycles. The fourth-order valence-electron chi connectivity index (χ4n) is 4.20. The van der Waals surface area contributed by atoms with Crippen LogP contribution in [0.3, 0.4) is 0 Å². The molecule has 0 aliphatic rings. The Bertz CT molecular complexity index is 1320. The lowest BCUT2D eigenvalue weighted by atomic mass is 9.99. The molecule has 1 aromatic carbocycles. The minimum absolute atomic E-state index is 0.0344. The van der Waals surface area contributed by atoms with E-state index in [1.165, 1.54) is 10.9 Å². The number of imidazole rings is 1. The molecule has 0 bridgehead atoms. The molecule has 3 N–H and O–H groups in total. The topological polar surface area (TPSA) is 140 Å². The summed E-state index contributed by atoms with van der Waals surface area (Å²) < 4.78 is 7.04. The number of ether oxygens (including phenoxy) is 1. The molecule has 0 aliphatic heterocycles. The second kappa shape index (κ2) is 12.6. The van der Waals surface area contributed by atoms with E-state index in [-0.39, 0.29) is 24.3 Å². The number of pyridine rings is 1. The number of nitrogens with one attached hydrogen (secondary N) is 3. The summed E-state index contributed by atoms with van der Waals surface area (Å²) in [5, 5.41) is 14.2. The molecule has 3 heterocycles. The van der Waals surface area contributed by atoms with Crippen molar-refractivity contribution in [2.45, 2.75) is 44.6 Å². The van der Waals surface area contributed by atoms with Crippen molar-refractivity contribution in [1.29, 1.82) is 0 Å². The molecule has 0 radical (unpaired) electrons. The highest BCUT2D eigenvalue weighted by molar-refractivity contribution is 5.85. The number of fused-ring (bicyclic) bond motifs is 1. The summed E-state index contributed by atoms with van der Waals surface area (Å²) in [6.07, 6.45) is 8.90. The van der Waals surface area contributed by atoms with Crippen molar-refractivity contribution in [2.24, 2.45) is 0 Å². The number of unbranched alkanes of at least 4 members (excludes halogenated alkanes) is 2. The smallest absolute Gasteiger partial charge is 0.241 e. The van der Waals surface area contributed by atoms with Gasteiger partial charge in [0.1, 0.15) is 12.4 Å². The summed E-state index contributed by atoms with van der Waals surface area (Å²) in [5.41, 5.74) is 2.47. The molecule has 2 amide bonds. The lowest BCUT2D eigenvalue weighted by Gasteiger charge is -2.16. The van der Waals surface area contributed by atoms with Crippen LogP contribution in [0.25, 0.3) is 22.2 Å². The molecule has 1 unspecified atom stereocenters. The van der Waals surface area contributed by atoms with Crippen LogP contribution in [0.5, 0.6) is 5.88 Å². The summed E-state index contributed by atoms with van der Waals surface area (Å²) in [6.45, 7) is 0.519. The zero-order valence-corrected chi connectivity index (χ0v) is 21.1. The van der Waals surface area contributed by atoms with Crippen molar-refractivity contribution >= 4 is 22.7 Å². The van der Waals surface area contributed by atoms with E-state index in [0.717, 1.165) is 53.7 Å². The maximum atomic E-state index is 12.5. The van der Waals surface area contributed by atoms with Gasteiger partial charge in [0.15, 0.2) is 0 Å². The minimum atomic E-state index is -0.151. The van der Waals surface area contributed by atoms with Crippen LogP contribution in [0.15, 0.2) is 48.9 Å². The quantitative estimate of drug-likeness (QED) is 0.238. The maximum Gasteiger partial charge on any atom is 0.241 e. The molecule has 37 heavy (non-hydrogen) atoms. The number of nitrogens with zero attached hydrogens (tertiary/aromatic N) is 5. The number of hydrogen-bond acceptors (Lipinski definition) is 7. The van der Waals surface area contributed by atoms with Gasteiger partial charge in [0.25, 0.3) is 0 Å². The summed E-state index contributed by atoms with van der Waals surface area (Å²) in [5.74, 6) is 1.15. The van der Waals surface area contributed by atoms with Crippen LogP contribution in [0.2, 0.25) is 0 Å². The van der Waals surface area contributed by atoms with E-state index in [1.54, 1.807) is 26.6 Å². The van der Waals surface area contributed by atoms with E-state index in [1.807, 2.05) is 30.3 Å². The first-order valence-electron chi connectivity index (χ1n) is 12.4. The van der Waals surface area contributed by atoms with E-state index in [2.05, 4.69) is 35.9 Å². The van der Waals surface area contributed by atoms with Crippen LogP contribution in [-0.4, -0.2) is 62.5 Å². The first-order chi connectivity index (χ1) is 18.1. The molecule has 0 saturated heterocycles. The van der Waals surface area contributed by atoms with E-state index >= 15 is 0 Å². The average molecular weight is 505 g/mol. The highest BCUT2D eigenvalue weighted by Gasteiger charge is 2.19. The van der Waals surface area contributed by atoms with Crippen molar-refractivity contribution in [3.05, 3.63) is 54.7 Å².